The summed E-state index contributed by atoms with van der Waals surface area (Å²) in [7, 11) is 0. The second-order valence-electron chi connectivity index (χ2n) is 8.59. The number of benzene rings is 2. The van der Waals surface area contributed by atoms with E-state index < -0.39 is 0 Å². The minimum Gasteiger partial charge on any atom is -0.482 e. The van der Waals surface area contributed by atoms with Crippen molar-refractivity contribution in [3.63, 3.8) is 0 Å². The van der Waals surface area contributed by atoms with Crippen LogP contribution >= 0.6 is 0 Å². The predicted molar refractivity (Wildman–Crippen MR) is 121 cm³/mol. The summed E-state index contributed by atoms with van der Waals surface area (Å²) >= 11 is 0. The van der Waals surface area contributed by atoms with Crippen molar-refractivity contribution in [3.05, 3.63) is 76.8 Å². The van der Waals surface area contributed by atoms with Gasteiger partial charge in [-0.2, -0.15) is 0 Å². The average Bonchev–Trinajstić information content (AvgIpc) is 2.79. The lowest BCUT2D eigenvalue weighted by Gasteiger charge is -2.44. The van der Waals surface area contributed by atoms with Gasteiger partial charge < -0.3 is 15.0 Å². The quantitative estimate of drug-likeness (QED) is 0.697. The maximum Gasteiger partial charge on any atom is 0.289 e. The molecule has 2 unspecified atom stereocenters. The van der Waals surface area contributed by atoms with Crippen LogP contribution in [0, 0.1) is 12.7 Å². The summed E-state index contributed by atoms with van der Waals surface area (Å²) < 4.78 is 19.3. The Kier molecular flexibility index (Phi) is 6.88. The normalized spacial score (nSPS) is 21.8. The first kappa shape index (κ1) is 22.1. The van der Waals surface area contributed by atoms with E-state index >= 15 is 0 Å². The van der Waals surface area contributed by atoms with E-state index in [9.17, 15) is 14.0 Å². The van der Waals surface area contributed by atoms with Crippen molar-refractivity contribution in [3.8, 4) is 0 Å². The zero-order chi connectivity index (χ0) is 22.5. The predicted octanol–water partition coefficient (Wildman–Crippen LogP) is 4.00. The fourth-order valence-corrected chi connectivity index (χ4v) is 4.38. The Bertz CT molecular complexity index is 985. The molecule has 1 aliphatic carbocycles. The van der Waals surface area contributed by atoms with Crippen LogP contribution in [0.5, 0.6) is 0 Å². The molecular formula is C26H29FN2O3. The Balaban J connectivity index is 1.42. The van der Waals surface area contributed by atoms with Gasteiger partial charge in [-0.15, -0.1) is 0 Å². The van der Waals surface area contributed by atoms with E-state index in [1.54, 1.807) is 23.1 Å². The third-order valence-electron chi connectivity index (χ3n) is 6.16. The van der Waals surface area contributed by atoms with Crippen LogP contribution in [-0.2, 0) is 20.7 Å². The Labute approximate surface area is 188 Å². The SMILES string of the molecule is Cc1ccc(CCNC(=O)CN2C(=O)/C(=C\c3ccc(F)cc3)OC3CCCCC32)cc1. The number of rotatable bonds is 6. The van der Waals surface area contributed by atoms with Crippen molar-refractivity contribution in [1.82, 2.24) is 10.2 Å². The van der Waals surface area contributed by atoms with Gasteiger partial charge in [-0.3, -0.25) is 9.59 Å². The lowest BCUT2D eigenvalue weighted by molar-refractivity contribution is -0.151. The third kappa shape index (κ3) is 5.36. The second kappa shape index (κ2) is 9.98. The maximum absolute atomic E-state index is 13.2. The van der Waals surface area contributed by atoms with Crippen LogP contribution in [-0.4, -0.2) is 41.9 Å². The highest BCUT2D eigenvalue weighted by atomic mass is 19.1. The molecule has 2 aromatic rings. The topological polar surface area (TPSA) is 58.6 Å². The molecule has 0 spiro atoms. The minimum atomic E-state index is -0.334. The zero-order valence-electron chi connectivity index (χ0n) is 18.4. The van der Waals surface area contributed by atoms with E-state index in [0.717, 1.165) is 37.7 Å². The molecular weight excluding hydrogens is 407 g/mol. The smallest absolute Gasteiger partial charge is 0.289 e. The van der Waals surface area contributed by atoms with Gasteiger partial charge in [0.25, 0.3) is 5.91 Å². The first-order valence-corrected chi connectivity index (χ1v) is 11.3. The molecule has 1 saturated carbocycles. The Hall–Kier alpha value is -3.15. The van der Waals surface area contributed by atoms with Crippen LogP contribution in [0.4, 0.5) is 4.39 Å². The summed E-state index contributed by atoms with van der Waals surface area (Å²) in [6.07, 6.45) is 5.99. The van der Waals surface area contributed by atoms with Crippen LogP contribution in [0.25, 0.3) is 6.08 Å². The maximum atomic E-state index is 13.2. The summed E-state index contributed by atoms with van der Waals surface area (Å²) in [5, 5.41) is 2.95. The van der Waals surface area contributed by atoms with Gasteiger partial charge in [-0.1, -0.05) is 48.4 Å². The van der Waals surface area contributed by atoms with Crippen molar-refractivity contribution in [2.24, 2.45) is 0 Å². The molecule has 32 heavy (non-hydrogen) atoms. The lowest BCUT2D eigenvalue weighted by Crippen LogP contribution is -2.57. The number of carbonyl (C=O) groups excluding carboxylic acids is 2. The van der Waals surface area contributed by atoms with Gasteiger partial charge in [0, 0.05) is 6.54 Å². The number of hydrogen-bond donors (Lipinski definition) is 1. The number of aryl methyl sites for hydroxylation is 1. The highest BCUT2D eigenvalue weighted by Gasteiger charge is 2.42. The van der Waals surface area contributed by atoms with Crippen LogP contribution in [0.3, 0.4) is 0 Å². The van der Waals surface area contributed by atoms with Crippen molar-refractivity contribution >= 4 is 17.9 Å². The number of halogens is 1. The molecule has 2 aromatic carbocycles. The number of fused-ring (bicyclic) bond motifs is 1. The summed E-state index contributed by atoms with van der Waals surface area (Å²) in [5.41, 5.74) is 3.05. The monoisotopic (exact) mass is 436 g/mol. The van der Waals surface area contributed by atoms with E-state index in [4.69, 9.17) is 4.74 Å². The van der Waals surface area contributed by atoms with Gasteiger partial charge in [-0.25, -0.2) is 4.39 Å². The standard InChI is InChI=1S/C26H29FN2O3/c1-18-6-8-19(9-7-18)14-15-28-25(30)17-29-22-4-2-3-5-23(22)32-24(26(29)31)16-20-10-12-21(27)13-11-20/h6-13,16,22-23H,2-5,14-15,17H2,1H3,(H,28,30)/b24-16+. The molecule has 4 rings (SSSR count). The molecule has 168 valence electrons. The molecule has 0 bridgehead atoms. The van der Waals surface area contributed by atoms with Crippen molar-refractivity contribution in [2.75, 3.05) is 13.1 Å². The third-order valence-corrected chi connectivity index (χ3v) is 6.16. The van der Waals surface area contributed by atoms with E-state index in [0.29, 0.717) is 12.1 Å². The molecule has 5 nitrogen and oxygen atoms in total. The van der Waals surface area contributed by atoms with Gasteiger partial charge >= 0.3 is 0 Å². The van der Waals surface area contributed by atoms with Crippen molar-refractivity contribution in [1.29, 1.82) is 0 Å². The molecule has 2 atom stereocenters. The summed E-state index contributed by atoms with van der Waals surface area (Å²) in [5.74, 6) is -0.574. The molecule has 2 fully saturated rings. The lowest BCUT2D eigenvalue weighted by atomic mass is 9.89. The van der Waals surface area contributed by atoms with E-state index in [1.165, 1.54) is 17.7 Å². The van der Waals surface area contributed by atoms with Gasteiger partial charge in [0.2, 0.25) is 5.91 Å². The Morgan fingerprint density at radius 2 is 1.84 bits per heavy atom. The fourth-order valence-electron chi connectivity index (χ4n) is 4.38. The van der Waals surface area contributed by atoms with Crippen molar-refractivity contribution in [2.45, 2.75) is 51.2 Å². The Morgan fingerprint density at radius 1 is 1.12 bits per heavy atom. The molecule has 1 saturated heterocycles. The molecule has 1 N–H and O–H groups in total. The molecule has 1 heterocycles. The second-order valence-corrected chi connectivity index (χ2v) is 8.59. The summed E-state index contributed by atoms with van der Waals surface area (Å²) in [6, 6.07) is 14.1. The van der Waals surface area contributed by atoms with E-state index in [1.807, 2.05) is 6.92 Å². The number of amides is 2. The van der Waals surface area contributed by atoms with Crippen LogP contribution in [0.1, 0.15) is 42.4 Å². The first-order valence-electron chi connectivity index (χ1n) is 11.3. The molecule has 2 amide bonds. The van der Waals surface area contributed by atoms with E-state index in [-0.39, 0.29) is 42.1 Å². The van der Waals surface area contributed by atoms with Crippen molar-refractivity contribution < 1.29 is 18.7 Å². The highest BCUT2D eigenvalue weighted by Crippen LogP contribution is 2.33. The number of morpholine rings is 1. The zero-order valence-corrected chi connectivity index (χ0v) is 18.4. The van der Waals surface area contributed by atoms with Gasteiger partial charge in [-0.05, 0) is 61.9 Å². The number of nitrogens with one attached hydrogen (secondary N) is 1. The van der Waals surface area contributed by atoms with Crippen LogP contribution < -0.4 is 5.32 Å². The fraction of sp³-hybridized carbons (Fsp3) is 0.385. The Morgan fingerprint density at radius 3 is 2.59 bits per heavy atom. The van der Waals surface area contributed by atoms with Crippen LogP contribution in [0.15, 0.2) is 54.3 Å². The number of hydrogen-bond acceptors (Lipinski definition) is 3. The van der Waals surface area contributed by atoms with Gasteiger partial charge in [0.15, 0.2) is 5.76 Å². The molecule has 0 radical (unpaired) electrons. The summed E-state index contributed by atoms with van der Waals surface area (Å²) in [6.45, 7) is 2.58. The number of ether oxygens (including phenoxy) is 1. The number of nitrogens with zero attached hydrogens (tertiary/aromatic N) is 1. The molecule has 6 heteroatoms. The summed E-state index contributed by atoms with van der Waals surface area (Å²) in [4.78, 5) is 27.5. The van der Waals surface area contributed by atoms with Gasteiger partial charge in [0.05, 0.1) is 6.04 Å². The number of carbonyl (C=O) groups is 2. The first-order chi connectivity index (χ1) is 15.5. The molecule has 0 aromatic heterocycles. The minimum absolute atomic E-state index is 0.0119. The van der Waals surface area contributed by atoms with E-state index in [2.05, 4.69) is 29.6 Å². The highest BCUT2D eigenvalue weighted by molar-refractivity contribution is 5.98. The largest absolute Gasteiger partial charge is 0.482 e. The molecule has 2 aliphatic rings. The molecule has 1 aliphatic heterocycles. The van der Waals surface area contributed by atoms with Gasteiger partial charge in [0.1, 0.15) is 18.5 Å². The average molecular weight is 437 g/mol. The van der Waals surface area contributed by atoms with Crippen LogP contribution in [0.2, 0.25) is 0 Å².